The maximum Gasteiger partial charge on any atom is 0.221 e. The molecular weight excluding hydrogens is 130 g/mol. The molecule has 1 saturated heterocycles. The molecule has 1 rings (SSSR count). The highest BCUT2D eigenvalue weighted by molar-refractivity contribution is 5.76. The fraction of sp³-hybridized carbons (Fsp3) is 0.571. The molecule has 1 N–H and O–H groups in total. The van der Waals surface area contributed by atoms with Crippen molar-refractivity contribution < 1.29 is 9.53 Å². The van der Waals surface area contributed by atoms with E-state index in [0.717, 1.165) is 0 Å². The maximum absolute atomic E-state index is 10.7. The summed E-state index contributed by atoms with van der Waals surface area (Å²) in [5.74, 6) is 0.0225. The first-order chi connectivity index (χ1) is 4.77. The van der Waals surface area contributed by atoms with E-state index in [1.807, 2.05) is 0 Å². The molecule has 1 heterocycles. The molecular formula is C7H11NO2. The molecule has 0 radical (unpaired) electrons. The number of epoxide rings is 1. The van der Waals surface area contributed by atoms with Crippen LogP contribution in [0.2, 0.25) is 0 Å². The van der Waals surface area contributed by atoms with Gasteiger partial charge in [-0.2, -0.15) is 0 Å². The lowest BCUT2D eigenvalue weighted by molar-refractivity contribution is -0.121. The van der Waals surface area contributed by atoms with Crippen molar-refractivity contribution in [3.8, 4) is 0 Å². The van der Waals surface area contributed by atoms with Gasteiger partial charge < -0.3 is 10.1 Å². The van der Waals surface area contributed by atoms with Crippen LogP contribution in [-0.2, 0) is 9.53 Å². The normalized spacial score (nSPS) is 29.3. The number of carbonyl (C=O) groups is 1. The highest BCUT2D eigenvalue weighted by Gasteiger charge is 2.36. The molecule has 0 aromatic carbocycles. The van der Waals surface area contributed by atoms with Gasteiger partial charge in [0.2, 0.25) is 5.91 Å². The Kier molecular flexibility index (Phi) is 2.06. The van der Waals surface area contributed by atoms with Crippen LogP contribution >= 0.6 is 0 Å². The summed E-state index contributed by atoms with van der Waals surface area (Å²) in [4.78, 5) is 10.7. The summed E-state index contributed by atoms with van der Waals surface area (Å²) in [6.07, 6.45) is 2.12. The van der Waals surface area contributed by atoms with E-state index in [0.29, 0.717) is 6.42 Å². The van der Waals surface area contributed by atoms with E-state index in [9.17, 15) is 4.79 Å². The third-order valence-corrected chi connectivity index (χ3v) is 1.38. The molecule has 0 saturated carbocycles. The van der Waals surface area contributed by atoms with Crippen LogP contribution in [-0.4, -0.2) is 18.2 Å². The molecule has 1 aliphatic rings. The number of ether oxygens (including phenoxy) is 1. The van der Waals surface area contributed by atoms with Gasteiger partial charge in [-0.15, -0.1) is 6.58 Å². The van der Waals surface area contributed by atoms with Crippen molar-refractivity contribution in [2.24, 2.45) is 0 Å². The molecule has 1 aliphatic heterocycles. The summed E-state index contributed by atoms with van der Waals surface area (Å²) >= 11 is 0. The minimum Gasteiger partial charge on any atom is -0.343 e. The second-order valence-electron chi connectivity index (χ2n) is 2.18. The molecule has 56 valence electrons. The molecule has 2 unspecified atom stereocenters. The topological polar surface area (TPSA) is 41.6 Å². The molecule has 0 aliphatic carbocycles. The average molecular weight is 141 g/mol. The smallest absolute Gasteiger partial charge is 0.221 e. The molecule has 3 heteroatoms. The van der Waals surface area contributed by atoms with Gasteiger partial charge in [-0.1, -0.05) is 13.0 Å². The molecule has 3 nitrogen and oxygen atoms in total. The first kappa shape index (κ1) is 7.28. The van der Waals surface area contributed by atoms with Crippen LogP contribution in [0.15, 0.2) is 12.7 Å². The van der Waals surface area contributed by atoms with Crippen LogP contribution in [0.5, 0.6) is 0 Å². The van der Waals surface area contributed by atoms with Crippen molar-refractivity contribution in [1.82, 2.24) is 5.32 Å². The summed E-state index contributed by atoms with van der Waals surface area (Å²) < 4.78 is 4.99. The third kappa shape index (κ3) is 1.57. The van der Waals surface area contributed by atoms with E-state index in [2.05, 4.69) is 11.9 Å². The van der Waals surface area contributed by atoms with Crippen molar-refractivity contribution in [3.63, 3.8) is 0 Å². The minimum atomic E-state index is -0.107. The molecule has 0 aromatic heterocycles. The van der Waals surface area contributed by atoms with Gasteiger partial charge in [-0.25, -0.2) is 0 Å². The fourth-order valence-corrected chi connectivity index (χ4v) is 0.680. The van der Waals surface area contributed by atoms with E-state index in [4.69, 9.17) is 4.74 Å². The zero-order chi connectivity index (χ0) is 7.56. The van der Waals surface area contributed by atoms with Crippen LogP contribution in [0.3, 0.4) is 0 Å². The van der Waals surface area contributed by atoms with Crippen LogP contribution in [0.25, 0.3) is 0 Å². The fourth-order valence-electron chi connectivity index (χ4n) is 0.680. The Hall–Kier alpha value is -0.830. The summed E-state index contributed by atoms with van der Waals surface area (Å²) in [6.45, 7) is 5.34. The highest BCUT2D eigenvalue weighted by Crippen LogP contribution is 2.19. The molecule has 0 spiro atoms. The van der Waals surface area contributed by atoms with Gasteiger partial charge in [0.15, 0.2) is 6.23 Å². The number of hydrogen-bond acceptors (Lipinski definition) is 2. The second kappa shape index (κ2) is 2.84. The van der Waals surface area contributed by atoms with E-state index in [1.54, 1.807) is 13.0 Å². The zero-order valence-corrected chi connectivity index (χ0v) is 5.96. The van der Waals surface area contributed by atoms with Crippen molar-refractivity contribution in [1.29, 1.82) is 0 Å². The first-order valence-corrected chi connectivity index (χ1v) is 3.35. The Balaban J connectivity index is 2.17. The van der Waals surface area contributed by atoms with Crippen molar-refractivity contribution in [2.45, 2.75) is 25.7 Å². The zero-order valence-electron chi connectivity index (χ0n) is 5.96. The molecule has 1 fully saturated rings. The average Bonchev–Trinajstić information content (AvgIpc) is 2.67. The third-order valence-electron chi connectivity index (χ3n) is 1.38. The standard InChI is InChI=1S/C7H11NO2/c1-3-5-7(10-5)8-6(9)4-2/h3,5,7H,1,4H2,2H3,(H,8,9). The largest absolute Gasteiger partial charge is 0.343 e. The van der Waals surface area contributed by atoms with E-state index in [-0.39, 0.29) is 18.2 Å². The Bertz CT molecular complexity index is 156. The van der Waals surface area contributed by atoms with Gasteiger partial charge in [-0.05, 0) is 0 Å². The van der Waals surface area contributed by atoms with Gasteiger partial charge in [-0.3, -0.25) is 4.79 Å². The first-order valence-electron chi connectivity index (χ1n) is 3.35. The molecule has 0 bridgehead atoms. The monoisotopic (exact) mass is 141 g/mol. The second-order valence-corrected chi connectivity index (χ2v) is 2.18. The van der Waals surface area contributed by atoms with Gasteiger partial charge in [0.1, 0.15) is 6.10 Å². The molecule has 1 amide bonds. The number of carbonyl (C=O) groups excluding carboxylic acids is 1. The summed E-state index contributed by atoms with van der Waals surface area (Å²) in [7, 11) is 0. The van der Waals surface area contributed by atoms with Crippen LogP contribution in [0, 0.1) is 0 Å². The Labute approximate surface area is 60.1 Å². The SMILES string of the molecule is C=CC1OC1NC(=O)CC. The molecule has 10 heavy (non-hydrogen) atoms. The van der Waals surface area contributed by atoms with Gasteiger partial charge in [0.25, 0.3) is 0 Å². The maximum atomic E-state index is 10.7. The van der Waals surface area contributed by atoms with Gasteiger partial charge in [0.05, 0.1) is 0 Å². The van der Waals surface area contributed by atoms with Crippen molar-refractivity contribution in [3.05, 3.63) is 12.7 Å². The van der Waals surface area contributed by atoms with Crippen molar-refractivity contribution in [2.75, 3.05) is 0 Å². The summed E-state index contributed by atoms with van der Waals surface area (Å²) in [6, 6.07) is 0. The number of amides is 1. The van der Waals surface area contributed by atoms with Crippen LogP contribution in [0.1, 0.15) is 13.3 Å². The summed E-state index contributed by atoms with van der Waals surface area (Å²) in [5.41, 5.74) is 0. The number of hydrogen-bond donors (Lipinski definition) is 1. The lowest BCUT2D eigenvalue weighted by atomic mass is 10.4. The van der Waals surface area contributed by atoms with Crippen molar-refractivity contribution >= 4 is 5.91 Å². The Morgan fingerprint density at radius 2 is 2.60 bits per heavy atom. The van der Waals surface area contributed by atoms with E-state index >= 15 is 0 Å². The predicted molar refractivity (Wildman–Crippen MR) is 37.3 cm³/mol. The van der Waals surface area contributed by atoms with Crippen LogP contribution < -0.4 is 5.32 Å². The number of rotatable bonds is 3. The van der Waals surface area contributed by atoms with Gasteiger partial charge in [0, 0.05) is 6.42 Å². The molecule has 0 aromatic rings. The number of nitrogens with one attached hydrogen (secondary N) is 1. The Morgan fingerprint density at radius 1 is 1.90 bits per heavy atom. The predicted octanol–water partition coefficient (Wildman–Crippen LogP) is 0.423. The van der Waals surface area contributed by atoms with E-state index in [1.165, 1.54) is 0 Å². The minimum absolute atomic E-state index is 0.0225. The highest BCUT2D eigenvalue weighted by atomic mass is 16.6. The Morgan fingerprint density at radius 3 is 3.00 bits per heavy atom. The lowest BCUT2D eigenvalue weighted by Gasteiger charge is -1.94. The lowest BCUT2D eigenvalue weighted by Crippen LogP contribution is -2.26. The van der Waals surface area contributed by atoms with Gasteiger partial charge >= 0.3 is 0 Å². The quantitative estimate of drug-likeness (QED) is 0.457. The summed E-state index contributed by atoms with van der Waals surface area (Å²) in [5, 5.41) is 2.67. The molecule has 2 atom stereocenters. The van der Waals surface area contributed by atoms with Crippen LogP contribution in [0.4, 0.5) is 0 Å². The van der Waals surface area contributed by atoms with E-state index < -0.39 is 0 Å².